The summed E-state index contributed by atoms with van der Waals surface area (Å²) in [6, 6.07) is 2.07. The Bertz CT molecular complexity index is 455. The molecular formula is C9H14N6. The quantitative estimate of drug-likeness (QED) is 0.778. The fraction of sp³-hybridized carbons (Fsp3) is 0.444. The molecule has 0 bridgehead atoms. The van der Waals surface area contributed by atoms with Gasteiger partial charge >= 0.3 is 0 Å². The molecule has 0 aromatic carbocycles. The highest BCUT2D eigenvalue weighted by molar-refractivity contribution is 5.13. The van der Waals surface area contributed by atoms with Crippen LogP contribution in [-0.4, -0.2) is 24.5 Å². The fourth-order valence-corrected chi connectivity index (χ4v) is 1.44. The Morgan fingerprint density at radius 2 is 2.20 bits per heavy atom. The predicted octanol–water partition coefficient (Wildman–Crippen LogP) is 0.204. The van der Waals surface area contributed by atoms with E-state index in [-0.39, 0.29) is 0 Å². The van der Waals surface area contributed by atoms with Crippen molar-refractivity contribution in [2.24, 2.45) is 7.05 Å². The summed E-state index contributed by atoms with van der Waals surface area (Å²) in [7, 11) is 1.93. The van der Waals surface area contributed by atoms with Crippen LogP contribution in [0.15, 0.2) is 12.4 Å². The Labute approximate surface area is 87.7 Å². The summed E-state index contributed by atoms with van der Waals surface area (Å²) in [5.41, 5.74) is 7.61. The van der Waals surface area contributed by atoms with Crippen LogP contribution in [0.1, 0.15) is 18.3 Å². The van der Waals surface area contributed by atoms with E-state index < -0.39 is 0 Å². The van der Waals surface area contributed by atoms with Gasteiger partial charge in [0.15, 0.2) is 0 Å². The lowest BCUT2D eigenvalue weighted by Crippen LogP contribution is -2.06. The summed E-state index contributed by atoms with van der Waals surface area (Å²) in [6.07, 6.45) is 2.56. The van der Waals surface area contributed by atoms with Gasteiger partial charge in [-0.05, 0) is 12.5 Å². The summed E-state index contributed by atoms with van der Waals surface area (Å²) in [6.45, 7) is 2.73. The van der Waals surface area contributed by atoms with Crippen LogP contribution >= 0.6 is 0 Å². The van der Waals surface area contributed by atoms with Crippen molar-refractivity contribution >= 4 is 5.95 Å². The average molecular weight is 206 g/mol. The van der Waals surface area contributed by atoms with Crippen LogP contribution in [-0.2, 0) is 20.0 Å². The molecule has 2 heterocycles. The number of aromatic nitrogens is 5. The van der Waals surface area contributed by atoms with E-state index in [1.807, 2.05) is 11.7 Å². The fourth-order valence-electron chi connectivity index (χ4n) is 1.44. The van der Waals surface area contributed by atoms with E-state index in [0.29, 0.717) is 12.5 Å². The second-order valence-corrected chi connectivity index (χ2v) is 3.40. The lowest BCUT2D eigenvalue weighted by atomic mass is 10.3. The van der Waals surface area contributed by atoms with Crippen molar-refractivity contribution < 1.29 is 0 Å². The minimum atomic E-state index is 0.299. The van der Waals surface area contributed by atoms with Crippen molar-refractivity contribution in [1.29, 1.82) is 0 Å². The molecule has 2 aromatic heterocycles. The maximum Gasteiger partial charge on any atom is 0.239 e. The van der Waals surface area contributed by atoms with Crippen LogP contribution in [0.25, 0.3) is 0 Å². The third-order valence-electron chi connectivity index (χ3n) is 2.27. The Balaban J connectivity index is 2.20. The lowest BCUT2D eigenvalue weighted by Gasteiger charge is -2.00. The highest BCUT2D eigenvalue weighted by Crippen LogP contribution is 2.05. The summed E-state index contributed by atoms with van der Waals surface area (Å²) < 4.78 is 3.56. The molecular weight excluding hydrogens is 192 g/mol. The summed E-state index contributed by atoms with van der Waals surface area (Å²) in [4.78, 5) is 3.87. The van der Waals surface area contributed by atoms with Gasteiger partial charge in [0.2, 0.25) is 5.95 Å². The molecule has 0 radical (unpaired) electrons. The van der Waals surface area contributed by atoms with Crippen molar-refractivity contribution in [3.63, 3.8) is 0 Å². The van der Waals surface area contributed by atoms with Gasteiger partial charge < -0.3 is 5.73 Å². The van der Waals surface area contributed by atoms with Gasteiger partial charge in [-0.1, -0.05) is 6.92 Å². The maximum atomic E-state index is 5.44. The van der Waals surface area contributed by atoms with Crippen molar-refractivity contribution in [1.82, 2.24) is 24.5 Å². The zero-order chi connectivity index (χ0) is 10.8. The van der Waals surface area contributed by atoms with Crippen LogP contribution < -0.4 is 5.73 Å². The van der Waals surface area contributed by atoms with Gasteiger partial charge in [0.1, 0.15) is 6.33 Å². The second-order valence-electron chi connectivity index (χ2n) is 3.40. The van der Waals surface area contributed by atoms with E-state index in [2.05, 4.69) is 28.2 Å². The molecule has 0 saturated carbocycles. The van der Waals surface area contributed by atoms with Gasteiger partial charge in [-0.15, -0.1) is 5.10 Å². The zero-order valence-corrected chi connectivity index (χ0v) is 8.88. The summed E-state index contributed by atoms with van der Waals surface area (Å²) in [5.74, 6) is 0.299. The molecule has 0 saturated heterocycles. The van der Waals surface area contributed by atoms with Crippen LogP contribution in [0.3, 0.4) is 0 Å². The van der Waals surface area contributed by atoms with Gasteiger partial charge in [0.05, 0.1) is 17.9 Å². The molecule has 0 aliphatic heterocycles. The Hall–Kier alpha value is -1.85. The van der Waals surface area contributed by atoms with Crippen LogP contribution in [0.5, 0.6) is 0 Å². The molecule has 0 atom stereocenters. The number of nitrogens with zero attached hydrogens (tertiary/aromatic N) is 5. The third kappa shape index (κ3) is 1.98. The lowest BCUT2D eigenvalue weighted by molar-refractivity contribution is 0.618. The monoisotopic (exact) mass is 206 g/mol. The third-order valence-corrected chi connectivity index (χ3v) is 2.27. The Morgan fingerprint density at radius 3 is 2.73 bits per heavy atom. The molecule has 0 amide bonds. The molecule has 0 fully saturated rings. The minimum absolute atomic E-state index is 0.299. The molecule has 0 aliphatic rings. The topological polar surface area (TPSA) is 74.6 Å². The SMILES string of the molecule is CCc1cc(Cn2cnc(N)n2)n(C)n1. The van der Waals surface area contributed by atoms with Gasteiger partial charge in [-0.25, -0.2) is 9.67 Å². The largest absolute Gasteiger partial charge is 0.367 e. The Kier molecular flexibility index (Phi) is 2.40. The number of hydrogen-bond acceptors (Lipinski definition) is 4. The van der Waals surface area contributed by atoms with Crippen molar-refractivity contribution in [2.75, 3.05) is 5.73 Å². The first-order valence-corrected chi connectivity index (χ1v) is 4.85. The number of rotatable bonds is 3. The minimum Gasteiger partial charge on any atom is -0.367 e. The van der Waals surface area contributed by atoms with Gasteiger partial charge in [-0.3, -0.25) is 4.68 Å². The summed E-state index contributed by atoms with van der Waals surface area (Å²) in [5, 5.41) is 8.38. The van der Waals surface area contributed by atoms with E-state index in [1.165, 1.54) is 0 Å². The number of nitrogens with two attached hydrogens (primary N) is 1. The molecule has 2 aromatic rings. The van der Waals surface area contributed by atoms with Crippen LogP contribution in [0, 0.1) is 0 Å². The van der Waals surface area contributed by atoms with E-state index in [9.17, 15) is 0 Å². The normalized spacial score (nSPS) is 10.8. The first-order chi connectivity index (χ1) is 7.19. The van der Waals surface area contributed by atoms with Crippen LogP contribution in [0.4, 0.5) is 5.95 Å². The first-order valence-electron chi connectivity index (χ1n) is 4.85. The number of hydrogen-bond donors (Lipinski definition) is 1. The number of aryl methyl sites for hydroxylation is 2. The molecule has 6 nitrogen and oxygen atoms in total. The van der Waals surface area contributed by atoms with Crippen LogP contribution in [0.2, 0.25) is 0 Å². The maximum absolute atomic E-state index is 5.44. The van der Waals surface area contributed by atoms with E-state index in [4.69, 9.17) is 5.73 Å². The number of nitrogen functional groups attached to an aromatic ring is 1. The average Bonchev–Trinajstić information content (AvgIpc) is 2.75. The van der Waals surface area contributed by atoms with Gasteiger partial charge in [0, 0.05) is 7.05 Å². The number of anilines is 1. The molecule has 2 rings (SSSR count). The van der Waals surface area contributed by atoms with Gasteiger partial charge in [0.25, 0.3) is 0 Å². The summed E-state index contributed by atoms with van der Waals surface area (Å²) >= 11 is 0. The van der Waals surface area contributed by atoms with E-state index >= 15 is 0 Å². The molecule has 0 spiro atoms. The van der Waals surface area contributed by atoms with Gasteiger partial charge in [-0.2, -0.15) is 5.10 Å². The smallest absolute Gasteiger partial charge is 0.239 e. The molecule has 2 N–H and O–H groups in total. The van der Waals surface area contributed by atoms with E-state index in [1.54, 1.807) is 11.0 Å². The van der Waals surface area contributed by atoms with E-state index in [0.717, 1.165) is 17.8 Å². The molecule has 80 valence electrons. The first kappa shape index (κ1) is 9.70. The highest BCUT2D eigenvalue weighted by Gasteiger charge is 2.05. The molecule has 15 heavy (non-hydrogen) atoms. The molecule has 0 unspecified atom stereocenters. The zero-order valence-electron chi connectivity index (χ0n) is 8.88. The van der Waals surface area contributed by atoms with Crippen molar-refractivity contribution in [3.05, 3.63) is 23.8 Å². The van der Waals surface area contributed by atoms with Crippen molar-refractivity contribution in [2.45, 2.75) is 19.9 Å². The van der Waals surface area contributed by atoms with Crippen molar-refractivity contribution in [3.8, 4) is 0 Å². The molecule has 6 heteroatoms. The standard InChI is InChI=1S/C9H14N6/c1-3-7-4-8(14(2)12-7)5-15-6-11-9(10)13-15/h4,6H,3,5H2,1-2H3,(H2,10,13). The Morgan fingerprint density at radius 1 is 1.40 bits per heavy atom. The molecule has 0 aliphatic carbocycles. The highest BCUT2D eigenvalue weighted by atomic mass is 15.4. The second kappa shape index (κ2) is 3.72. The predicted molar refractivity (Wildman–Crippen MR) is 56.1 cm³/mol.